The minimum absolute atomic E-state index is 0.164. The second-order valence-corrected chi connectivity index (χ2v) is 5.35. The third kappa shape index (κ3) is 1.61. The van der Waals surface area contributed by atoms with E-state index >= 15 is 0 Å². The van der Waals surface area contributed by atoms with Crippen LogP contribution in [0, 0.1) is 5.41 Å². The molecule has 86 valence electrons. The summed E-state index contributed by atoms with van der Waals surface area (Å²) in [6.07, 6.45) is 2.42. The zero-order valence-electron chi connectivity index (χ0n) is 9.55. The average Bonchev–Trinajstić information content (AvgIpc) is 2.43. The SMILES string of the molecule is CC1(C)NCCC12CCN(C(=O)O)CC2. The highest BCUT2D eigenvalue weighted by molar-refractivity contribution is 5.65. The molecule has 4 nitrogen and oxygen atoms in total. The van der Waals surface area contributed by atoms with E-state index in [0.29, 0.717) is 18.5 Å². The van der Waals surface area contributed by atoms with Crippen molar-refractivity contribution in [3.05, 3.63) is 0 Å². The largest absolute Gasteiger partial charge is 0.465 e. The zero-order chi connectivity index (χ0) is 11.1. The maximum absolute atomic E-state index is 10.8. The van der Waals surface area contributed by atoms with Gasteiger partial charge in [-0.05, 0) is 45.1 Å². The van der Waals surface area contributed by atoms with E-state index in [9.17, 15) is 4.79 Å². The van der Waals surface area contributed by atoms with E-state index < -0.39 is 6.09 Å². The van der Waals surface area contributed by atoms with Gasteiger partial charge >= 0.3 is 6.09 Å². The Morgan fingerprint density at radius 1 is 1.27 bits per heavy atom. The van der Waals surface area contributed by atoms with E-state index in [1.54, 1.807) is 4.90 Å². The van der Waals surface area contributed by atoms with Gasteiger partial charge in [-0.3, -0.25) is 0 Å². The number of nitrogens with one attached hydrogen (secondary N) is 1. The first-order chi connectivity index (χ1) is 6.97. The highest BCUT2D eigenvalue weighted by Crippen LogP contribution is 2.47. The molecule has 0 aliphatic carbocycles. The molecule has 0 aromatic heterocycles. The molecule has 1 amide bonds. The summed E-state index contributed by atoms with van der Waals surface area (Å²) in [4.78, 5) is 12.4. The number of carboxylic acid groups (broad SMARTS) is 1. The lowest BCUT2D eigenvalue weighted by molar-refractivity contribution is 0.0559. The van der Waals surface area contributed by atoms with Crippen molar-refractivity contribution in [1.29, 1.82) is 0 Å². The first kappa shape index (κ1) is 10.7. The van der Waals surface area contributed by atoms with Crippen LogP contribution in [0.4, 0.5) is 4.79 Å². The predicted octanol–water partition coefficient (Wildman–Crippen LogP) is 1.52. The number of hydrogen-bond acceptors (Lipinski definition) is 2. The molecule has 2 N–H and O–H groups in total. The molecule has 2 saturated heterocycles. The molecule has 0 aromatic rings. The van der Waals surface area contributed by atoms with Crippen molar-refractivity contribution >= 4 is 6.09 Å². The lowest BCUT2D eigenvalue weighted by Gasteiger charge is -2.46. The van der Waals surface area contributed by atoms with Gasteiger partial charge in [0, 0.05) is 18.6 Å². The third-order valence-electron chi connectivity index (χ3n) is 4.49. The second kappa shape index (κ2) is 3.37. The van der Waals surface area contributed by atoms with Crippen LogP contribution in [0.1, 0.15) is 33.1 Å². The second-order valence-electron chi connectivity index (χ2n) is 5.35. The van der Waals surface area contributed by atoms with Crippen molar-refractivity contribution in [2.24, 2.45) is 5.41 Å². The summed E-state index contributed by atoms with van der Waals surface area (Å²) in [7, 11) is 0. The quantitative estimate of drug-likeness (QED) is 0.640. The molecule has 2 aliphatic heterocycles. The minimum Gasteiger partial charge on any atom is -0.465 e. The van der Waals surface area contributed by atoms with E-state index in [0.717, 1.165) is 19.4 Å². The molecule has 2 fully saturated rings. The summed E-state index contributed by atoms with van der Waals surface area (Å²) < 4.78 is 0. The van der Waals surface area contributed by atoms with Gasteiger partial charge in [0.15, 0.2) is 0 Å². The summed E-state index contributed by atoms with van der Waals surface area (Å²) in [6, 6.07) is 0. The fraction of sp³-hybridized carbons (Fsp3) is 0.909. The topological polar surface area (TPSA) is 52.6 Å². The van der Waals surface area contributed by atoms with E-state index in [2.05, 4.69) is 19.2 Å². The fourth-order valence-corrected chi connectivity index (χ4v) is 3.12. The Balaban J connectivity index is 2.06. The van der Waals surface area contributed by atoms with E-state index in [1.807, 2.05) is 0 Å². The van der Waals surface area contributed by atoms with Crippen LogP contribution in [0.15, 0.2) is 0 Å². The Bertz CT molecular complexity index is 268. The standard InChI is InChI=1S/C11H20N2O2/c1-10(2)11(3-6-12-10)4-7-13(8-5-11)9(14)15/h12H,3-8H2,1-2H3,(H,14,15). The predicted molar refractivity (Wildman–Crippen MR) is 58.0 cm³/mol. The number of hydrogen-bond donors (Lipinski definition) is 2. The van der Waals surface area contributed by atoms with Crippen LogP contribution in [0.5, 0.6) is 0 Å². The van der Waals surface area contributed by atoms with Crippen molar-refractivity contribution in [3.8, 4) is 0 Å². The van der Waals surface area contributed by atoms with Crippen molar-refractivity contribution in [3.63, 3.8) is 0 Å². The molecule has 0 saturated carbocycles. The molecule has 1 spiro atoms. The molecule has 0 atom stereocenters. The van der Waals surface area contributed by atoms with Crippen LogP contribution >= 0.6 is 0 Å². The van der Waals surface area contributed by atoms with E-state index in [1.165, 1.54) is 6.42 Å². The summed E-state index contributed by atoms with van der Waals surface area (Å²) in [6.45, 7) is 6.95. The number of rotatable bonds is 0. The maximum atomic E-state index is 10.8. The number of nitrogens with zero attached hydrogens (tertiary/aromatic N) is 1. The Kier molecular flexibility index (Phi) is 2.41. The molecule has 15 heavy (non-hydrogen) atoms. The Morgan fingerprint density at radius 2 is 1.87 bits per heavy atom. The summed E-state index contributed by atoms with van der Waals surface area (Å²) in [5.74, 6) is 0. The van der Waals surface area contributed by atoms with Gasteiger partial charge in [0.05, 0.1) is 0 Å². The highest BCUT2D eigenvalue weighted by Gasteiger charge is 2.50. The molecule has 0 radical (unpaired) electrons. The van der Waals surface area contributed by atoms with Crippen LogP contribution in [0.3, 0.4) is 0 Å². The van der Waals surface area contributed by atoms with Crippen molar-refractivity contribution in [1.82, 2.24) is 10.2 Å². The van der Waals surface area contributed by atoms with Crippen LogP contribution in [0.25, 0.3) is 0 Å². The highest BCUT2D eigenvalue weighted by atomic mass is 16.4. The van der Waals surface area contributed by atoms with E-state index in [4.69, 9.17) is 5.11 Å². The lowest BCUT2D eigenvalue weighted by atomic mass is 9.66. The molecule has 2 heterocycles. The first-order valence-electron chi connectivity index (χ1n) is 5.70. The van der Waals surface area contributed by atoms with Gasteiger partial charge in [0.2, 0.25) is 0 Å². The van der Waals surface area contributed by atoms with Crippen molar-refractivity contribution in [2.75, 3.05) is 19.6 Å². The molecular weight excluding hydrogens is 192 g/mol. The third-order valence-corrected chi connectivity index (χ3v) is 4.49. The van der Waals surface area contributed by atoms with Gasteiger partial charge < -0.3 is 15.3 Å². The maximum Gasteiger partial charge on any atom is 0.407 e. The fourth-order valence-electron chi connectivity index (χ4n) is 3.12. The summed E-state index contributed by atoms with van der Waals surface area (Å²) in [5.41, 5.74) is 0.483. The van der Waals surface area contributed by atoms with Crippen molar-refractivity contribution in [2.45, 2.75) is 38.6 Å². The first-order valence-corrected chi connectivity index (χ1v) is 5.70. The van der Waals surface area contributed by atoms with Gasteiger partial charge in [-0.25, -0.2) is 4.79 Å². The van der Waals surface area contributed by atoms with Crippen LogP contribution in [0.2, 0.25) is 0 Å². The zero-order valence-corrected chi connectivity index (χ0v) is 9.55. The van der Waals surface area contributed by atoms with Crippen LogP contribution in [-0.2, 0) is 0 Å². The molecule has 4 heteroatoms. The Hall–Kier alpha value is -0.770. The number of carbonyl (C=O) groups is 1. The van der Waals surface area contributed by atoms with Crippen LogP contribution in [-0.4, -0.2) is 41.3 Å². The summed E-state index contributed by atoms with van der Waals surface area (Å²) >= 11 is 0. The molecule has 2 rings (SSSR count). The average molecular weight is 212 g/mol. The molecule has 0 aromatic carbocycles. The number of piperidine rings is 1. The van der Waals surface area contributed by atoms with Gasteiger partial charge in [0.1, 0.15) is 0 Å². The molecule has 2 aliphatic rings. The minimum atomic E-state index is -0.770. The molecule has 0 bridgehead atoms. The van der Waals surface area contributed by atoms with Gasteiger partial charge in [-0.15, -0.1) is 0 Å². The number of amides is 1. The number of likely N-dealkylation sites (tertiary alicyclic amines) is 1. The van der Waals surface area contributed by atoms with E-state index in [-0.39, 0.29) is 5.54 Å². The van der Waals surface area contributed by atoms with Gasteiger partial charge in [0.25, 0.3) is 0 Å². The Labute approximate surface area is 90.6 Å². The molecular formula is C11H20N2O2. The van der Waals surface area contributed by atoms with Gasteiger partial charge in [-0.2, -0.15) is 0 Å². The van der Waals surface area contributed by atoms with Crippen LogP contribution < -0.4 is 5.32 Å². The summed E-state index contributed by atoms with van der Waals surface area (Å²) in [5, 5.41) is 12.4. The smallest absolute Gasteiger partial charge is 0.407 e. The normalized spacial score (nSPS) is 28.3. The monoisotopic (exact) mass is 212 g/mol. The van der Waals surface area contributed by atoms with Gasteiger partial charge in [-0.1, -0.05) is 0 Å². The molecule has 0 unspecified atom stereocenters. The Morgan fingerprint density at radius 3 is 2.27 bits per heavy atom. The van der Waals surface area contributed by atoms with Crippen molar-refractivity contribution < 1.29 is 9.90 Å². The lowest BCUT2D eigenvalue weighted by Crippen LogP contribution is -2.53.